The zero-order chi connectivity index (χ0) is 18.4. The molecule has 2 atom stereocenters. The van der Waals surface area contributed by atoms with Crippen LogP contribution in [0.15, 0.2) is 65.6 Å². The average molecular weight is 373 g/mol. The van der Waals surface area contributed by atoms with Gasteiger partial charge in [0.15, 0.2) is 0 Å². The van der Waals surface area contributed by atoms with Crippen molar-refractivity contribution >= 4 is 16.0 Å². The van der Waals surface area contributed by atoms with Crippen molar-refractivity contribution in [2.24, 2.45) is 5.92 Å². The molecule has 26 heavy (non-hydrogen) atoms. The highest BCUT2D eigenvalue weighted by Crippen LogP contribution is 2.28. The molecule has 5 nitrogen and oxygen atoms in total. The number of rotatable bonds is 7. The summed E-state index contributed by atoms with van der Waals surface area (Å²) < 4.78 is 33.1. The molecule has 0 spiro atoms. The number of benzene rings is 2. The predicted molar refractivity (Wildman–Crippen MR) is 99.0 cm³/mol. The summed E-state index contributed by atoms with van der Waals surface area (Å²) in [7, 11) is -3.63. The fourth-order valence-corrected chi connectivity index (χ4v) is 4.60. The zero-order valence-corrected chi connectivity index (χ0v) is 15.3. The zero-order valence-electron chi connectivity index (χ0n) is 14.5. The molecule has 2 aromatic rings. The second kappa shape index (κ2) is 8.47. The van der Waals surface area contributed by atoms with Crippen LogP contribution in [0.2, 0.25) is 0 Å². The van der Waals surface area contributed by atoms with E-state index in [0.29, 0.717) is 25.9 Å². The lowest BCUT2D eigenvalue weighted by Crippen LogP contribution is -2.40. The Bertz CT molecular complexity index is 821. The van der Waals surface area contributed by atoms with E-state index < -0.39 is 22.0 Å². The third kappa shape index (κ3) is 4.71. The van der Waals surface area contributed by atoms with Gasteiger partial charge in [0, 0.05) is 12.5 Å². The lowest BCUT2D eigenvalue weighted by atomic mass is 10.1. The Morgan fingerprint density at radius 3 is 2.35 bits per heavy atom. The number of sulfonamides is 1. The molecular formula is C20H23NO4S. The van der Waals surface area contributed by atoms with Gasteiger partial charge < -0.3 is 4.74 Å². The highest BCUT2D eigenvalue weighted by Gasteiger charge is 2.36. The molecule has 1 saturated carbocycles. The van der Waals surface area contributed by atoms with Gasteiger partial charge >= 0.3 is 5.97 Å². The van der Waals surface area contributed by atoms with Crippen LogP contribution >= 0.6 is 0 Å². The van der Waals surface area contributed by atoms with E-state index in [9.17, 15) is 13.2 Å². The molecule has 1 fully saturated rings. The first-order valence-corrected chi connectivity index (χ1v) is 10.3. The Morgan fingerprint density at radius 1 is 1.00 bits per heavy atom. The van der Waals surface area contributed by atoms with E-state index in [-0.39, 0.29) is 10.9 Å². The van der Waals surface area contributed by atoms with Crippen LogP contribution in [0.4, 0.5) is 0 Å². The average Bonchev–Trinajstić information content (AvgIpc) is 3.11. The van der Waals surface area contributed by atoms with Gasteiger partial charge in [-0.1, -0.05) is 55.0 Å². The number of hydrogen-bond donors (Lipinski definition) is 1. The first kappa shape index (κ1) is 18.6. The Balaban J connectivity index is 1.56. The minimum absolute atomic E-state index is 0.211. The summed E-state index contributed by atoms with van der Waals surface area (Å²) in [5.41, 5.74) is 1.10. The molecule has 6 heteroatoms. The van der Waals surface area contributed by atoms with Gasteiger partial charge in [-0.3, -0.25) is 4.79 Å². The molecule has 1 aliphatic rings. The van der Waals surface area contributed by atoms with Gasteiger partial charge in [0.25, 0.3) is 0 Å². The summed E-state index contributed by atoms with van der Waals surface area (Å²) >= 11 is 0. The third-order valence-electron chi connectivity index (χ3n) is 4.66. The standard InChI is InChI=1S/C20H23NO4S/c22-20(25-15-14-16-8-3-1-4-9-16)18-12-7-13-19(18)21-26(23,24)17-10-5-2-6-11-17/h1-6,8-11,18-19,21H,7,12-15H2/t18-,19+/m0/s1. The van der Waals surface area contributed by atoms with E-state index in [0.717, 1.165) is 12.0 Å². The number of esters is 1. The topological polar surface area (TPSA) is 72.5 Å². The molecule has 3 rings (SSSR count). The molecule has 0 amide bonds. The first-order chi connectivity index (χ1) is 12.6. The summed E-state index contributed by atoms with van der Waals surface area (Å²) in [6, 6.07) is 17.6. The molecule has 0 radical (unpaired) electrons. The highest BCUT2D eigenvalue weighted by molar-refractivity contribution is 7.89. The molecule has 0 saturated heterocycles. The van der Waals surface area contributed by atoms with Gasteiger partial charge in [0.1, 0.15) is 0 Å². The molecule has 0 aromatic heterocycles. The Hall–Kier alpha value is -2.18. The van der Waals surface area contributed by atoms with Crippen molar-refractivity contribution in [1.82, 2.24) is 4.72 Å². The molecule has 0 heterocycles. The summed E-state index contributed by atoms with van der Waals surface area (Å²) in [5, 5.41) is 0. The first-order valence-electron chi connectivity index (χ1n) is 8.84. The molecule has 1 N–H and O–H groups in total. The molecule has 138 valence electrons. The van der Waals surface area contributed by atoms with Crippen LogP contribution in [0.1, 0.15) is 24.8 Å². The smallest absolute Gasteiger partial charge is 0.310 e. The van der Waals surface area contributed by atoms with E-state index in [1.807, 2.05) is 30.3 Å². The van der Waals surface area contributed by atoms with Crippen molar-refractivity contribution in [1.29, 1.82) is 0 Å². The molecule has 0 bridgehead atoms. The van der Waals surface area contributed by atoms with Crippen molar-refractivity contribution in [3.8, 4) is 0 Å². The lowest BCUT2D eigenvalue weighted by Gasteiger charge is -2.20. The van der Waals surface area contributed by atoms with Gasteiger partial charge in [0.2, 0.25) is 10.0 Å². The van der Waals surface area contributed by atoms with E-state index in [2.05, 4.69) is 4.72 Å². The maximum atomic E-state index is 12.5. The van der Waals surface area contributed by atoms with Gasteiger partial charge in [-0.25, -0.2) is 13.1 Å². The van der Waals surface area contributed by atoms with Gasteiger partial charge in [-0.2, -0.15) is 0 Å². The number of hydrogen-bond acceptors (Lipinski definition) is 4. The molecule has 1 aliphatic carbocycles. The number of ether oxygens (including phenoxy) is 1. The van der Waals surface area contributed by atoms with Crippen molar-refractivity contribution in [3.63, 3.8) is 0 Å². The number of carbonyl (C=O) groups excluding carboxylic acids is 1. The SMILES string of the molecule is O=C(OCCc1ccccc1)[C@H]1CCC[C@H]1NS(=O)(=O)c1ccccc1. The van der Waals surface area contributed by atoms with Crippen LogP contribution in [-0.2, 0) is 26.0 Å². The second-order valence-electron chi connectivity index (χ2n) is 6.48. The third-order valence-corrected chi connectivity index (χ3v) is 6.16. The summed E-state index contributed by atoms with van der Waals surface area (Å²) in [4.78, 5) is 12.6. The minimum Gasteiger partial charge on any atom is -0.465 e. The van der Waals surface area contributed by atoms with Crippen molar-refractivity contribution in [2.45, 2.75) is 36.6 Å². The monoisotopic (exact) mass is 373 g/mol. The molecule has 2 aromatic carbocycles. The van der Waals surface area contributed by atoms with Crippen LogP contribution in [0.5, 0.6) is 0 Å². The van der Waals surface area contributed by atoms with Crippen LogP contribution in [0.3, 0.4) is 0 Å². The van der Waals surface area contributed by atoms with Crippen LogP contribution in [0, 0.1) is 5.92 Å². The maximum absolute atomic E-state index is 12.5. The maximum Gasteiger partial charge on any atom is 0.310 e. The molecule has 0 unspecified atom stereocenters. The Morgan fingerprint density at radius 2 is 1.65 bits per heavy atom. The van der Waals surface area contributed by atoms with Gasteiger partial charge in [-0.05, 0) is 30.5 Å². The van der Waals surface area contributed by atoms with Crippen LogP contribution < -0.4 is 4.72 Å². The van der Waals surface area contributed by atoms with Crippen molar-refractivity contribution in [2.75, 3.05) is 6.61 Å². The summed E-state index contributed by atoms with van der Waals surface area (Å²) in [6.07, 6.45) is 2.75. The van der Waals surface area contributed by atoms with Crippen molar-refractivity contribution < 1.29 is 17.9 Å². The summed E-state index contributed by atoms with van der Waals surface area (Å²) in [6.45, 7) is 0.303. The fraction of sp³-hybridized carbons (Fsp3) is 0.350. The van der Waals surface area contributed by atoms with E-state index in [1.54, 1.807) is 30.3 Å². The minimum atomic E-state index is -3.63. The Kier molecular flexibility index (Phi) is 6.06. The van der Waals surface area contributed by atoms with Crippen LogP contribution in [-0.4, -0.2) is 27.0 Å². The van der Waals surface area contributed by atoms with E-state index >= 15 is 0 Å². The summed E-state index contributed by atoms with van der Waals surface area (Å²) in [5.74, 6) is -0.747. The molecular weight excluding hydrogens is 350 g/mol. The lowest BCUT2D eigenvalue weighted by molar-refractivity contribution is -0.148. The normalized spacial score (nSPS) is 20.0. The number of carbonyl (C=O) groups is 1. The largest absolute Gasteiger partial charge is 0.465 e. The fourth-order valence-electron chi connectivity index (χ4n) is 3.27. The van der Waals surface area contributed by atoms with Crippen LogP contribution in [0.25, 0.3) is 0 Å². The second-order valence-corrected chi connectivity index (χ2v) is 8.20. The quantitative estimate of drug-likeness (QED) is 0.758. The van der Waals surface area contributed by atoms with Crippen molar-refractivity contribution in [3.05, 3.63) is 66.2 Å². The van der Waals surface area contributed by atoms with Gasteiger partial charge in [-0.15, -0.1) is 0 Å². The number of nitrogens with one attached hydrogen (secondary N) is 1. The predicted octanol–water partition coefficient (Wildman–Crippen LogP) is 2.92. The van der Waals surface area contributed by atoms with E-state index in [4.69, 9.17) is 4.74 Å². The van der Waals surface area contributed by atoms with Gasteiger partial charge in [0.05, 0.1) is 17.4 Å². The Labute approximate surface area is 154 Å². The highest BCUT2D eigenvalue weighted by atomic mass is 32.2. The van der Waals surface area contributed by atoms with E-state index in [1.165, 1.54) is 0 Å². The molecule has 0 aliphatic heterocycles.